The molecule has 0 saturated carbocycles. The molecule has 174 valence electrons. The molecule has 11 heteroatoms. The van der Waals surface area contributed by atoms with Crippen molar-refractivity contribution in [3.63, 3.8) is 0 Å². The van der Waals surface area contributed by atoms with E-state index < -0.39 is 35.8 Å². The van der Waals surface area contributed by atoms with Crippen LogP contribution in [0, 0.1) is 18.6 Å². The Hall–Kier alpha value is -3.34. The van der Waals surface area contributed by atoms with Crippen LogP contribution in [-0.2, 0) is 6.61 Å². The zero-order chi connectivity index (χ0) is 24.1. The van der Waals surface area contributed by atoms with Gasteiger partial charge < -0.3 is 20.3 Å². The zero-order valence-electron chi connectivity index (χ0n) is 17.4. The molecule has 3 N–H and O–H groups in total. The summed E-state index contributed by atoms with van der Waals surface area (Å²) in [5, 5.41) is 20.3. The number of aliphatic hydroxyl groups is 2. The molecule has 1 amide bonds. The van der Waals surface area contributed by atoms with E-state index in [-0.39, 0.29) is 35.2 Å². The predicted molar refractivity (Wildman–Crippen MR) is 116 cm³/mol. The fraction of sp³-hybridized carbons (Fsp3) is 0.227. The Kier molecular flexibility index (Phi) is 7.75. The van der Waals surface area contributed by atoms with Crippen molar-refractivity contribution in [3.05, 3.63) is 86.4 Å². The van der Waals surface area contributed by atoms with E-state index in [4.69, 9.17) is 21.4 Å². The highest BCUT2D eigenvalue weighted by Gasteiger charge is 2.16. The number of aromatic nitrogens is 2. The molecule has 8 nitrogen and oxygen atoms in total. The third-order valence-corrected chi connectivity index (χ3v) is 5.03. The average Bonchev–Trinajstić information content (AvgIpc) is 2.79. The maximum absolute atomic E-state index is 13.8. The predicted octanol–water partition coefficient (Wildman–Crippen LogP) is 2.13. The van der Waals surface area contributed by atoms with Crippen LogP contribution < -0.4 is 15.6 Å². The van der Waals surface area contributed by atoms with Crippen molar-refractivity contribution >= 4 is 17.5 Å². The van der Waals surface area contributed by atoms with Crippen molar-refractivity contribution in [2.45, 2.75) is 19.6 Å². The number of hydrogen-bond acceptors (Lipinski definition) is 6. The summed E-state index contributed by atoms with van der Waals surface area (Å²) in [4.78, 5) is 29.2. The third-order valence-electron chi connectivity index (χ3n) is 4.70. The summed E-state index contributed by atoms with van der Waals surface area (Å²) in [7, 11) is 0. The minimum Gasteiger partial charge on any atom is -0.471 e. The second-order valence-corrected chi connectivity index (χ2v) is 7.49. The quantitative estimate of drug-likeness (QED) is 0.456. The minimum absolute atomic E-state index is 0.0549. The van der Waals surface area contributed by atoms with Crippen LogP contribution in [-0.4, -0.2) is 44.9 Å². The Morgan fingerprint density at radius 1 is 1.27 bits per heavy atom. The molecule has 0 unspecified atom stereocenters. The molecule has 0 radical (unpaired) electrons. The van der Waals surface area contributed by atoms with E-state index in [0.29, 0.717) is 17.3 Å². The average molecular weight is 480 g/mol. The number of rotatable bonds is 8. The van der Waals surface area contributed by atoms with Crippen molar-refractivity contribution in [1.82, 2.24) is 14.9 Å². The lowest BCUT2D eigenvalue weighted by atomic mass is 10.1. The summed E-state index contributed by atoms with van der Waals surface area (Å²) < 4.78 is 33.3. The Morgan fingerprint density at radius 2 is 2.03 bits per heavy atom. The van der Waals surface area contributed by atoms with Gasteiger partial charge in [0.2, 0.25) is 5.88 Å². The van der Waals surface area contributed by atoms with Gasteiger partial charge >= 0.3 is 0 Å². The fourth-order valence-corrected chi connectivity index (χ4v) is 3.06. The first-order chi connectivity index (χ1) is 15.7. The summed E-state index contributed by atoms with van der Waals surface area (Å²) >= 11 is 6.13. The fourth-order valence-electron chi connectivity index (χ4n) is 2.86. The third kappa shape index (κ3) is 5.72. The van der Waals surface area contributed by atoms with Gasteiger partial charge in [-0.1, -0.05) is 17.7 Å². The summed E-state index contributed by atoms with van der Waals surface area (Å²) in [6, 6.07) is 7.60. The van der Waals surface area contributed by atoms with Crippen LogP contribution in [0.1, 0.15) is 21.5 Å². The minimum atomic E-state index is -1.10. The zero-order valence-corrected chi connectivity index (χ0v) is 18.1. The number of carbonyl (C=O) groups excluding carboxylic acids is 1. The van der Waals surface area contributed by atoms with E-state index in [0.717, 1.165) is 17.0 Å². The largest absolute Gasteiger partial charge is 0.471 e. The van der Waals surface area contributed by atoms with Crippen molar-refractivity contribution in [2.24, 2.45) is 0 Å². The summed E-state index contributed by atoms with van der Waals surface area (Å²) in [5.41, 5.74) is 0.553. The molecule has 1 heterocycles. The summed E-state index contributed by atoms with van der Waals surface area (Å²) in [6.45, 7) is 0.749. The first-order valence-corrected chi connectivity index (χ1v) is 10.1. The van der Waals surface area contributed by atoms with Gasteiger partial charge in [-0.05, 0) is 36.8 Å². The number of nitrogens with zero attached hydrogens (tertiary/aromatic N) is 2. The second-order valence-electron chi connectivity index (χ2n) is 7.11. The van der Waals surface area contributed by atoms with Gasteiger partial charge in [-0.25, -0.2) is 13.8 Å². The SMILES string of the molecule is Cc1ccc(C(=O)NC[C@@H](O)CO)cc1-n1cnc(OCc2ccc(F)cc2F)c(Cl)c1=O. The number of ether oxygens (including phenoxy) is 1. The lowest BCUT2D eigenvalue weighted by Crippen LogP contribution is -2.34. The van der Waals surface area contributed by atoms with Crippen LogP contribution in [0.4, 0.5) is 8.78 Å². The normalized spacial score (nSPS) is 11.8. The highest BCUT2D eigenvalue weighted by atomic mass is 35.5. The van der Waals surface area contributed by atoms with Crippen molar-refractivity contribution in [3.8, 4) is 11.6 Å². The van der Waals surface area contributed by atoms with Gasteiger partial charge in [0.05, 0.1) is 18.4 Å². The maximum atomic E-state index is 13.8. The molecule has 33 heavy (non-hydrogen) atoms. The molecular formula is C22H20ClF2N3O5. The number of halogens is 3. The van der Waals surface area contributed by atoms with Crippen LogP contribution in [0.2, 0.25) is 5.02 Å². The first kappa shape index (κ1) is 24.3. The second kappa shape index (κ2) is 10.5. The molecule has 0 spiro atoms. The van der Waals surface area contributed by atoms with E-state index in [1.54, 1.807) is 13.0 Å². The molecule has 2 aromatic carbocycles. The molecular weight excluding hydrogens is 460 g/mol. The van der Waals surface area contributed by atoms with Crippen LogP contribution in [0.5, 0.6) is 5.88 Å². The molecule has 0 fully saturated rings. The Morgan fingerprint density at radius 3 is 2.73 bits per heavy atom. The van der Waals surface area contributed by atoms with E-state index in [9.17, 15) is 23.5 Å². The van der Waals surface area contributed by atoms with Crippen LogP contribution in [0.3, 0.4) is 0 Å². The smallest absolute Gasteiger partial charge is 0.280 e. The van der Waals surface area contributed by atoms with Crippen molar-refractivity contribution in [2.75, 3.05) is 13.2 Å². The van der Waals surface area contributed by atoms with Gasteiger partial charge in [-0.15, -0.1) is 0 Å². The standard InChI is InChI=1S/C22H20ClF2N3O5/c1-12-2-3-13(20(31)26-8-16(30)9-29)6-18(12)28-11-27-21(19(23)22(28)32)33-10-14-4-5-15(24)7-17(14)25/h2-7,11,16,29-30H,8-10H2,1H3,(H,26,31)/t16-/m1/s1. The van der Waals surface area contributed by atoms with Gasteiger partial charge in [0.1, 0.15) is 24.6 Å². The van der Waals surface area contributed by atoms with Gasteiger partial charge in [-0.3, -0.25) is 14.2 Å². The number of amides is 1. The molecule has 3 rings (SSSR count). The lowest BCUT2D eigenvalue weighted by Gasteiger charge is -2.14. The summed E-state index contributed by atoms with van der Waals surface area (Å²) in [6.07, 6.45) is 0.0600. The van der Waals surface area contributed by atoms with E-state index >= 15 is 0 Å². The van der Waals surface area contributed by atoms with Crippen molar-refractivity contribution < 1.29 is 28.5 Å². The van der Waals surface area contributed by atoms with Crippen LogP contribution in [0.15, 0.2) is 47.5 Å². The monoisotopic (exact) mass is 479 g/mol. The molecule has 0 bridgehead atoms. The van der Waals surface area contributed by atoms with Crippen LogP contribution in [0.25, 0.3) is 5.69 Å². The van der Waals surface area contributed by atoms with E-state index in [1.807, 2.05) is 0 Å². The molecule has 0 aliphatic heterocycles. The van der Waals surface area contributed by atoms with Gasteiger partial charge in [-0.2, -0.15) is 0 Å². The number of nitrogens with one attached hydrogen (secondary N) is 1. The molecule has 0 aliphatic rings. The molecule has 0 aliphatic carbocycles. The Balaban J connectivity index is 1.84. The lowest BCUT2D eigenvalue weighted by molar-refractivity contribution is 0.0802. The highest BCUT2D eigenvalue weighted by molar-refractivity contribution is 6.31. The summed E-state index contributed by atoms with van der Waals surface area (Å²) in [5.74, 6) is -2.29. The Bertz CT molecular complexity index is 1240. The Labute approximate surface area is 192 Å². The number of aliphatic hydroxyl groups excluding tert-OH is 2. The number of hydrogen-bond donors (Lipinski definition) is 3. The van der Waals surface area contributed by atoms with Gasteiger partial charge in [0, 0.05) is 23.7 Å². The molecule has 1 aromatic heterocycles. The van der Waals surface area contributed by atoms with Crippen LogP contribution >= 0.6 is 11.6 Å². The highest BCUT2D eigenvalue weighted by Crippen LogP contribution is 2.21. The number of carbonyl (C=O) groups is 1. The number of aryl methyl sites for hydroxylation is 1. The first-order valence-electron chi connectivity index (χ1n) is 9.73. The van der Waals surface area contributed by atoms with E-state index in [2.05, 4.69) is 10.3 Å². The maximum Gasteiger partial charge on any atom is 0.280 e. The van der Waals surface area contributed by atoms with Gasteiger partial charge in [0.15, 0.2) is 5.02 Å². The molecule has 0 saturated heterocycles. The molecule has 3 aromatic rings. The molecule has 1 atom stereocenters. The van der Waals surface area contributed by atoms with Gasteiger partial charge in [0.25, 0.3) is 11.5 Å². The van der Waals surface area contributed by atoms with Crippen molar-refractivity contribution in [1.29, 1.82) is 0 Å². The topological polar surface area (TPSA) is 114 Å². The number of benzene rings is 2. The van der Waals surface area contributed by atoms with E-state index in [1.165, 1.54) is 18.2 Å².